The number of likely N-dealkylation sites (tertiary alicyclic amines) is 1. The minimum atomic E-state index is -0.442. The lowest BCUT2D eigenvalue weighted by Gasteiger charge is -2.21. The van der Waals surface area contributed by atoms with Crippen molar-refractivity contribution in [2.24, 2.45) is 0 Å². The second-order valence-corrected chi connectivity index (χ2v) is 5.86. The van der Waals surface area contributed by atoms with Crippen LogP contribution in [0.5, 0.6) is 5.75 Å². The van der Waals surface area contributed by atoms with E-state index in [1.54, 1.807) is 18.2 Å². The largest absolute Gasteiger partial charge is 0.497 e. The van der Waals surface area contributed by atoms with E-state index in [9.17, 15) is 15.2 Å². The molecule has 1 aromatic carbocycles. The summed E-state index contributed by atoms with van der Waals surface area (Å²) in [4.78, 5) is 13.0. The number of aliphatic hydroxyl groups excluding tert-OH is 1. The van der Waals surface area contributed by atoms with E-state index < -0.39 is 4.92 Å². The topological polar surface area (TPSA) is 89.0 Å². The van der Waals surface area contributed by atoms with E-state index in [0.29, 0.717) is 23.6 Å². The van der Waals surface area contributed by atoms with Gasteiger partial charge in [-0.05, 0) is 43.7 Å². The normalized spacial score (nSPS) is 18.0. The third-order valence-corrected chi connectivity index (χ3v) is 4.40. The fourth-order valence-electron chi connectivity index (χ4n) is 3.12. The molecule has 1 aromatic heterocycles. The highest BCUT2D eigenvalue weighted by Crippen LogP contribution is 2.34. The lowest BCUT2D eigenvalue weighted by atomic mass is 10.1. The van der Waals surface area contributed by atoms with Gasteiger partial charge in [0.15, 0.2) is 0 Å². The minimum absolute atomic E-state index is 0.0512. The summed E-state index contributed by atoms with van der Waals surface area (Å²) in [6, 6.07) is 8.43. The van der Waals surface area contributed by atoms with Crippen LogP contribution in [0, 0.1) is 10.1 Å². The molecular weight excluding hydrogens is 312 g/mol. The van der Waals surface area contributed by atoms with E-state index in [-0.39, 0.29) is 18.3 Å². The molecule has 7 heteroatoms. The van der Waals surface area contributed by atoms with Crippen LogP contribution in [0.1, 0.15) is 18.6 Å². The fraction of sp³-hybridized carbons (Fsp3) is 0.412. The number of aliphatic hydroxyl groups is 1. The summed E-state index contributed by atoms with van der Waals surface area (Å²) in [7, 11) is 1.47. The maximum Gasteiger partial charge on any atom is 0.284 e. The zero-order valence-electron chi connectivity index (χ0n) is 13.5. The lowest BCUT2D eigenvalue weighted by molar-refractivity contribution is -0.384. The highest BCUT2D eigenvalue weighted by Gasteiger charge is 2.25. The number of ether oxygens (including phenoxy) is 1. The molecule has 1 aliphatic rings. The van der Waals surface area contributed by atoms with Gasteiger partial charge >= 0.3 is 0 Å². The van der Waals surface area contributed by atoms with Crippen LogP contribution in [-0.2, 0) is 6.54 Å². The SMILES string of the molecule is COc1ccc(-c2ccc(CN3CCC[C@@H]3CO)o2)c([N+](=O)[O-])c1. The number of benzene rings is 1. The predicted molar refractivity (Wildman–Crippen MR) is 87.9 cm³/mol. The molecule has 1 aliphatic heterocycles. The summed E-state index contributed by atoms with van der Waals surface area (Å²) >= 11 is 0. The van der Waals surface area contributed by atoms with Gasteiger partial charge in [-0.3, -0.25) is 15.0 Å². The molecule has 2 aromatic rings. The molecule has 0 saturated carbocycles. The predicted octanol–water partition coefficient (Wildman–Crippen LogP) is 2.82. The zero-order chi connectivity index (χ0) is 17.1. The molecule has 24 heavy (non-hydrogen) atoms. The molecule has 0 amide bonds. The lowest BCUT2D eigenvalue weighted by Crippen LogP contribution is -2.31. The number of nitrogens with zero attached hydrogens (tertiary/aromatic N) is 2. The second kappa shape index (κ2) is 7.02. The Morgan fingerprint density at radius 2 is 2.25 bits per heavy atom. The van der Waals surface area contributed by atoms with Gasteiger partial charge < -0.3 is 14.3 Å². The standard InChI is InChI=1S/C17H20N2O5/c1-23-13-4-6-15(16(9-13)19(21)22)17-7-5-14(24-17)10-18-8-2-3-12(18)11-20/h4-7,9,12,20H,2-3,8,10-11H2,1H3/t12-/m1/s1. The van der Waals surface area contributed by atoms with Crippen LogP contribution in [0.4, 0.5) is 5.69 Å². The zero-order valence-corrected chi connectivity index (χ0v) is 13.5. The quantitative estimate of drug-likeness (QED) is 0.646. The molecule has 0 unspecified atom stereocenters. The van der Waals surface area contributed by atoms with Crippen molar-refractivity contribution in [3.8, 4) is 17.1 Å². The average molecular weight is 332 g/mol. The summed E-state index contributed by atoms with van der Waals surface area (Å²) in [5, 5.41) is 20.7. The van der Waals surface area contributed by atoms with E-state index in [1.165, 1.54) is 13.2 Å². The fourth-order valence-corrected chi connectivity index (χ4v) is 3.12. The van der Waals surface area contributed by atoms with Crippen molar-refractivity contribution in [3.05, 3.63) is 46.2 Å². The van der Waals surface area contributed by atoms with Crippen LogP contribution >= 0.6 is 0 Å². The van der Waals surface area contributed by atoms with E-state index in [1.807, 2.05) is 6.07 Å². The van der Waals surface area contributed by atoms with Crippen molar-refractivity contribution >= 4 is 5.69 Å². The van der Waals surface area contributed by atoms with Gasteiger partial charge in [0.25, 0.3) is 5.69 Å². The van der Waals surface area contributed by atoms with Gasteiger partial charge in [0.1, 0.15) is 17.3 Å². The molecule has 128 valence electrons. The highest BCUT2D eigenvalue weighted by molar-refractivity contribution is 5.71. The summed E-state index contributed by atoms with van der Waals surface area (Å²) < 4.78 is 10.9. The third-order valence-electron chi connectivity index (χ3n) is 4.40. The Balaban J connectivity index is 1.84. The van der Waals surface area contributed by atoms with Crippen LogP contribution in [0.25, 0.3) is 11.3 Å². The van der Waals surface area contributed by atoms with Crippen LogP contribution in [0.2, 0.25) is 0 Å². The molecule has 0 radical (unpaired) electrons. The van der Waals surface area contributed by atoms with Gasteiger partial charge in [0.05, 0.1) is 36.8 Å². The molecule has 0 bridgehead atoms. The van der Waals surface area contributed by atoms with Crippen molar-refractivity contribution in [3.63, 3.8) is 0 Å². The van der Waals surface area contributed by atoms with Gasteiger partial charge in [-0.15, -0.1) is 0 Å². The molecule has 2 heterocycles. The maximum atomic E-state index is 11.3. The number of hydrogen-bond acceptors (Lipinski definition) is 6. The first-order valence-corrected chi connectivity index (χ1v) is 7.89. The Hall–Kier alpha value is -2.38. The van der Waals surface area contributed by atoms with Gasteiger partial charge in [0, 0.05) is 6.04 Å². The number of furan rings is 1. The van der Waals surface area contributed by atoms with Gasteiger partial charge in [-0.1, -0.05) is 0 Å². The van der Waals surface area contributed by atoms with Gasteiger partial charge in [0.2, 0.25) is 0 Å². The Morgan fingerprint density at radius 1 is 1.42 bits per heavy atom. The monoisotopic (exact) mass is 332 g/mol. The molecule has 7 nitrogen and oxygen atoms in total. The first kappa shape index (κ1) is 16.5. The smallest absolute Gasteiger partial charge is 0.284 e. The van der Waals surface area contributed by atoms with Crippen molar-refractivity contribution in [2.45, 2.75) is 25.4 Å². The number of hydrogen-bond donors (Lipinski definition) is 1. The summed E-state index contributed by atoms with van der Waals surface area (Å²) in [6.07, 6.45) is 2.04. The van der Waals surface area contributed by atoms with Crippen LogP contribution < -0.4 is 4.74 Å². The molecule has 3 rings (SSSR count). The molecule has 1 atom stereocenters. The first-order chi connectivity index (χ1) is 11.6. The van der Waals surface area contributed by atoms with E-state index in [0.717, 1.165) is 25.1 Å². The number of nitro groups is 1. The molecule has 1 N–H and O–H groups in total. The Morgan fingerprint density at radius 3 is 2.96 bits per heavy atom. The molecule has 1 saturated heterocycles. The first-order valence-electron chi connectivity index (χ1n) is 7.89. The van der Waals surface area contributed by atoms with Crippen LogP contribution in [0.3, 0.4) is 0 Å². The van der Waals surface area contributed by atoms with Crippen molar-refractivity contribution in [2.75, 3.05) is 20.3 Å². The summed E-state index contributed by atoms with van der Waals surface area (Å²) in [6.45, 7) is 1.65. The molecule has 0 aliphatic carbocycles. The number of methoxy groups -OCH3 is 1. The number of nitro benzene ring substituents is 1. The molecule has 1 fully saturated rings. The van der Waals surface area contributed by atoms with Crippen molar-refractivity contribution < 1.29 is 19.2 Å². The van der Waals surface area contributed by atoms with E-state index in [2.05, 4.69) is 4.90 Å². The van der Waals surface area contributed by atoms with E-state index >= 15 is 0 Å². The Labute approximate surface area is 139 Å². The Kier molecular flexibility index (Phi) is 4.82. The Bertz CT molecular complexity index is 728. The van der Waals surface area contributed by atoms with Crippen LogP contribution in [0.15, 0.2) is 34.7 Å². The second-order valence-electron chi connectivity index (χ2n) is 5.86. The average Bonchev–Trinajstić information content (AvgIpc) is 3.23. The van der Waals surface area contributed by atoms with Crippen LogP contribution in [-0.4, -0.2) is 41.2 Å². The third kappa shape index (κ3) is 3.27. The molecular formula is C17H20N2O5. The van der Waals surface area contributed by atoms with Gasteiger partial charge in [-0.25, -0.2) is 0 Å². The van der Waals surface area contributed by atoms with E-state index in [4.69, 9.17) is 9.15 Å². The van der Waals surface area contributed by atoms with Crippen molar-refractivity contribution in [1.29, 1.82) is 0 Å². The maximum absolute atomic E-state index is 11.3. The van der Waals surface area contributed by atoms with Crippen molar-refractivity contribution in [1.82, 2.24) is 4.90 Å². The minimum Gasteiger partial charge on any atom is -0.497 e. The summed E-state index contributed by atoms with van der Waals surface area (Å²) in [5.41, 5.74) is 0.372. The van der Waals surface area contributed by atoms with Gasteiger partial charge in [-0.2, -0.15) is 0 Å². The summed E-state index contributed by atoms with van der Waals surface area (Å²) in [5.74, 6) is 1.62. The highest BCUT2D eigenvalue weighted by atomic mass is 16.6. The number of rotatable bonds is 6. The molecule has 0 spiro atoms.